The number of nitrogens with two attached hydrogens (primary N) is 1. The van der Waals surface area contributed by atoms with E-state index in [-0.39, 0.29) is 17.8 Å². The molecule has 116 valence electrons. The smallest absolute Gasteiger partial charge is 0.251 e. The molecule has 5 nitrogen and oxygen atoms in total. The Morgan fingerprint density at radius 2 is 2.00 bits per heavy atom. The predicted octanol–water partition coefficient (Wildman–Crippen LogP) is 2.87. The fraction of sp³-hybridized carbons (Fsp3) is 0.500. The molecule has 0 spiro atoms. The van der Waals surface area contributed by atoms with Crippen molar-refractivity contribution in [2.45, 2.75) is 52.0 Å². The summed E-state index contributed by atoms with van der Waals surface area (Å²) >= 11 is 0. The number of carbonyl (C=O) groups excluding carboxylic acids is 1. The third-order valence-electron chi connectivity index (χ3n) is 3.41. The maximum absolute atomic E-state index is 12.3. The summed E-state index contributed by atoms with van der Waals surface area (Å²) in [6.45, 7) is 4.26. The molecule has 0 fully saturated rings. The molecule has 1 unspecified atom stereocenters. The van der Waals surface area contributed by atoms with Gasteiger partial charge in [0.25, 0.3) is 5.91 Å². The lowest BCUT2D eigenvalue weighted by molar-refractivity contribution is 0.0932. The highest BCUT2D eigenvalue weighted by Gasteiger charge is 2.13. The number of carbonyl (C=O) groups is 1. The molecule has 5 heteroatoms. The molecule has 0 saturated heterocycles. The molecule has 21 heavy (non-hydrogen) atoms. The zero-order valence-corrected chi connectivity index (χ0v) is 12.8. The van der Waals surface area contributed by atoms with Gasteiger partial charge in [-0.05, 0) is 25.0 Å². The van der Waals surface area contributed by atoms with Crippen LogP contribution in [0.2, 0.25) is 0 Å². The van der Waals surface area contributed by atoms with E-state index in [1.54, 1.807) is 24.3 Å². The van der Waals surface area contributed by atoms with E-state index in [4.69, 9.17) is 10.9 Å². The highest BCUT2D eigenvalue weighted by atomic mass is 16.4. The summed E-state index contributed by atoms with van der Waals surface area (Å²) in [7, 11) is 0. The van der Waals surface area contributed by atoms with Crippen molar-refractivity contribution in [1.29, 1.82) is 0 Å². The minimum absolute atomic E-state index is 0.000686. The fourth-order valence-corrected chi connectivity index (χ4v) is 2.23. The molecule has 1 aromatic rings. The van der Waals surface area contributed by atoms with E-state index in [0.717, 1.165) is 32.1 Å². The summed E-state index contributed by atoms with van der Waals surface area (Å²) in [5, 5.41) is 14.7. The first kappa shape index (κ1) is 17.0. The highest BCUT2D eigenvalue weighted by molar-refractivity contribution is 6.01. The van der Waals surface area contributed by atoms with Crippen molar-refractivity contribution in [2.24, 2.45) is 10.9 Å². The summed E-state index contributed by atoms with van der Waals surface area (Å²) in [5.41, 5.74) is 6.60. The number of hydrogen-bond donors (Lipinski definition) is 3. The number of amidine groups is 1. The maximum atomic E-state index is 12.3. The first-order valence-corrected chi connectivity index (χ1v) is 7.51. The van der Waals surface area contributed by atoms with E-state index in [1.165, 1.54) is 0 Å². The normalized spacial score (nSPS) is 13.0. The molecule has 1 atom stereocenters. The molecule has 0 aliphatic heterocycles. The van der Waals surface area contributed by atoms with Crippen molar-refractivity contribution >= 4 is 11.7 Å². The molecule has 1 aromatic carbocycles. The van der Waals surface area contributed by atoms with E-state index in [9.17, 15) is 4.79 Å². The van der Waals surface area contributed by atoms with Gasteiger partial charge in [0.1, 0.15) is 0 Å². The van der Waals surface area contributed by atoms with Gasteiger partial charge in [-0.3, -0.25) is 4.79 Å². The summed E-state index contributed by atoms with van der Waals surface area (Å²) in [6.07, 6.45) is 5.24. The fourth-order valence-electron chi connectivity index (χ4n) is 2.23. The molecule has 4 N–H and O–H groups in total. The van der Waals surface area contributed by atoms with Crippen LogP contribution in [0.5, 0.6) is 0 Å². The van der Waals surface area contributed by atoms with Crippen LogP contribution in [0, 0.1) is 0 Å². The molecule has 0 bridgehead atoms. The van der Waals surface area contributed by atoms with Gasteiger partial charge in [0, 0.05) is 17.2 Å². The Morgan fingerprint density at radius 3 is 2.62 bits per heavy atom. The van der Waals surface area contributed by atoms with Gasteiger partial charge in [0.15, 0.2) is 5.84 Å². The van der Waals surface area contributed by atoms with Gasteiger partial charge < -0.3 is 16.3 Å². The topological polar surface area (TPSA) is 87.7 Å². The Balaban J connectivity index is 2.77. The second kappa shape index (κ2) is 9.00. The minimum atomic E-state index is -0.114. The Kier molecular flexibility index (Phi) is 7.29. The number of hydrogen-bond acceptors (Lipinski definition) is 3. The molecule has 1 rings (SSSR count). The zero-order valence-electron chi connectivity index (χ0n) is 12.8. The summed E-state index contributed by atoms with van der Waals surface area (Å²) in [5.74, 6) is -0.113. The molecule has 0 saturated carbocycles. The second-order valence-corrected chi connectivity index (χ2v) is 5.17. The first-order chi connectivity index (χ1) is 10.1. The summed E-state index contributed by atoms with van der Waals surface area (Å²) < 4.78 is 0. The van der Waals surface area contributed by atoms with Crippen molar-refractivity contribution < 1.29 is 10.0 Å². The third kappa shape index (κ3) is 5.45. The van der Waals surface area contributed by atoms with Gasteiger partial charge in [-0.2, -0.15) is 0 Å². The van der Waals surface area contributed by atoms with Crippen LogP contribution in [-0.2, 0) is 0 Å². The van der Waals surface area contributed by atoms with Crippen LogP contribution in [0.1, 0.15) is 61.9 Å². The molecule has 0 heterocycles. The summed E-state index contributed by atoms with van der Waals surface area (Å²) in [6, 6.07) is 6.99. The number of nitrogens with zero attached hydrogens (tertiary/aromatic N) is 1. The average Bonchev–Trinajstić information content (AvgIpc) is 2.52. The Labute approximate surface area is 126 Å². The lowest BCUT2D eigenvalue weighted by Gasteiger charge is -2.18. The highest BCUT2D eigenvalue weighted by Crippen LogP contribution is 2.10. The van der Waals surface area contributed by atoms with Crippen LogP contribution in [0.4, 0.5) is 0 Å². The quantitative estimate of drug-likeness (QED) is 0.298. The number of nitrogens with one attached hydrogen (secondary N) is 1. The van der Waals surface area contributed by atoms with Gasteiger partial charge in [-0.15, -0.1) is 0 Å². The van der Waals surface area contributed by atoms with Crippen LogP contribution in [0.3, 0.4) is 0 Å². The molecule has 1 amide bonds. The molecular formula is C16H25N3O2. The SMILES string of the molecule is CCCCC(CCC)NC(=O)c1cccc(/C(N)=N/O)c1. The molecular weight excluding hydrogens is 266 g/mol. The number of benzene rings is 1. The third-order valence-corrected chi connectivity index (χ3v) is 3.41. The number of rotatable bonds is 8. The minimum Gasteiger partial charge on any atom is -0.409 e. The van der Waals surface area contributed by atoms with Gasteiger partial charge in [-0.25, -0.2) is 0 Å². The van der Waals surface area contributed by atoms with Gasteiger partial charge in [0.2, 0.25) is 0 Å². The Bertz CT molecular complexity index is 486. The summed E-state index contributed by atoms with van der Waals surface area (Å²) in [4.78, 5) is 12.3. The largest absolute Gasteiger partial charge is 0.409 e. The second-order valence-electron chi connectivity index (χ2n) is 5.17. The van der Waals surface area contributed by atoms with E-state index < -0.39 is 0 Å². The van der Waals surface area contributed by atoms with Gasteiger partial charge in [0.05, 0.1) is 0 Å². The van der Waals surface area contributed by atoms with E-state index >= 15 is 0 Å². The van der Waals surface area contributed by atoms with Crippen LogP contribution >= 0.6 is 0 Å². The standard InChI is InChI=1S/C16H25N3O2/c1-3-5-10-14(7-4-2)18-16(20)13-9-6-8-12(11-13)15(17)19-21/h6,8-9,11,14,21H,3-5,7,10H2,1-2H3,(H2,17,19)(H,18,20). The van der Waals surface area contributed by atoms with Gasteiger partial charge >= 0.3 is 0 Å². The van der Waals surface area contributed by atoms with Crippen LogP contribution in [-0.4, -0.2) is 23.0 Å². The van der Waals surface area contributed by atoms with Gasteiger partial charge in [-0.1, -0.05) is 50.4 Å². The number of unbranched alkanes of at least 4 members (excludes halogenated alkanes) is 1. The lowest BCUT2D eigenvalue weighted by atomic mass is 10.0. The van der Waals surface area contributed by atoms with Crippen molar-refractivity contribution in [2.75, 3.05) is 0 Å². The van der Waals surface area contributed by atoms with Crippen molar-refractivity contribution in [3.05, 3.63) is 35.4 Å². The predicted molar refractivity (Wildman–Crippen MR) is 84.6 cm³/mol. The maximum Gasteiger partial charge on any atom is 0.251 e. The van der Waals surface area contributed by atoms with Crippen LogP contribution < -0.4 is 11.1 Å². The van der Waals surface area contributed by atoms with Crippen LogP contribution in [0.15, 0.2) is 29.4 Å². The molecule has 0 aromatic heterocycles. The Hall–Kier alpha value is -2.04. The molecule has 0 radical (unpaired) electrons. The monoisotopic (exact) mass is 291 g/mol. The van der Waals surface area contributed by atoms with Crippen molar-refractivity contribution in [3.63, 3.8) is 0 Å². The van der Waals surface area contributed by atoms with Crippen molar-refractivity contribution in [1.82, 2.24) is 5.32 Å². The molecule has 0 aliphatic rings. The molecule has 0 aliphatic carbocycles. The Morgan fingerprint density at radius 1 is 1.29 bits per heavy atom. The first-order valence-electron chi connectivity index (χ1n) is 7.51. The number of oxime groups is 1. The number of amides is 1. The van der Waals surface area contributed by atoms with E-state index in [2.05, 4.69) is 24.3 Å². The van der Waals surface area contributed by atoms with E-state index in [1.807, 2.05) is 0 Å². The average molecular weight is 291 g/mol. The van der Waals surface area contributed by atoms with E-state index in [0.29, 0.717) is 11.1 Å². The van der Waals surface area contributed by atoms with Crippen LogP contribution in [0.25, 0.3) is 0 Å². The zero-order chi connectivity index (χ0) is 15.7. The van der Waals surface area contributed by atoms with Crippen molar-refractivity contribution in [3.8, 4) is 0 Å². The lowest BCUT2D eigenvalue weighted by Crippen LogP contribution is -2.34.